The number of rotatable bonds is 2. The molecule has 1 fully saturated rings. The summed E-state index contributed by atoms with van der Waals surface area (Å²) in [6.07, 6.45) is 1.19. The van der Waals surface area contributed by atoms with Crippen LogP contribution in [0, 0.1) is 5.92 Å². The molecule has 17 heavy (non-hydrogen) atoms. The number of hydrogen-bond donors (Lipinski definition) is 2. The van der Waals surface area contributed by atoms with Gasteiger partial charge in [0.05, 0.1) is 0 Å². The van der Waals surface area contributed by atoms with Crippen molar-refractivity contribution < 1.29 is 0 Å². The van der Waals surface area contributed by atoms with Gasteiger partial charge in [0.1, 0.15) is 0 Å². The van der Waals surface area contributed by atoms with Gasteiger partial charge in [-0.05, 0) is 47.8 Å². The maximum Gasteiger partial charge on any atom is 0.0336 e. The van der Waals surface area contributed by atoms with E-state index < -0.39 is 0 Å². The Balaban J connectivity index is 1.94. The normalized spacial score (nSPS) is 21.8. The first kappa shape index (κ1) is 10.8. The Morgan fingerprint density at radius 3 is 2.71 bits per heavy atom. The highest BCUT2D eigenvalue weighted by molar-refractivity contribution is 5.83. The van der Waals surface area contributed by atoms with Crippen LogP contribution in [0.3, 0.4) is 0 Å². The van der Waals surface area contributed by atoms with Crippen LogP contribution < -0.4 is 11.1 Å². The minimum absolute atomic E-state index is 0.162. The van der Waals surface area contributed by atoms with Crippen molar-refractivity contribution in [2.75, 3.05) is 13.1 Å². The molecule has 3 N–H and O–H groups in total. The molecule has 0 amide bonds. The quantitative estimate of drug-likeness (QED) is 0.825. The molecule has 0 radical (unpaired) electrons. The summed E-state index contributed by atoms with van der Waals surface area (Å²) in [4.78, 5) is 0. The summed E-state index contributed by atoms with van der Waals surface area (Å²) in [5.41, 5.74) is 7.61. The molecule has 1 aliphatic rings. The highest BCUT2D eigenvalue weighted by atomic mass is 14.9. The monoisotopic (exact) mass is 226 g/mol. The molecule has 2 heteroatoms. The molecular weight excluding hydrogens is 208 g/mol. The molecule has 0 bridgehead atoms. The highest BCUT2D eigenvalue weighted by Gasteiger charge is 2.22. The van der Waals surface area contributed by atoms with E-state index >= 15 is 0 Å². The number of hydrogen-bond acceptors (Lipinski definition) is 2. The lowest BCUT2D eigenvalue weighted by Gasteiger charge is -2.19. The smallest absolute Gasteiger partial charge is 0.0336 e. The highest BCUT2D eigenvalue weighted by Crippen LogP contribution is 2.26. The van der Waals surface area contributed by atoms with E-state index in [1.165, 1.54) is 22.8 Å². The van der Waals surface area contributed by atoms with E-state index in [1.54, 1.807) is 0 Å². The van der Waals surface area contributed by atoms with Crippen LogP contribution in [-0.4, -0.2) is 13.1 Å². The summed E-state index contributed by atoms with van der Waals surface area (Å²) in [5, 5.41) is 5.95. The third-order valence-corrected chi connectivity index (χ3v) is 3.76. The SMILES string of the molecule is NC(c1ccc2ccccc2c1)C1CCNC1. The lowest BCUT2D eigenvalue weighted by Crippen LogP contribution is -2.23. The molecular formula is C15H18N2. The maximum absolute atomic E-state index is 6.35. The first-order chi connectivity index (χ1) is 8.34. The molecule has 3 rings (SSSR count). The number of nitrogens with one attached hydrogen (secondary N) is 1. The third kappa shape index (κ3) is 2.06. The van der Waals surface area contributed by atoms with Crippen molar-refractivity contribution in [2.24, 2.45) is 11.7 Å². The van der Waals surface area contributed by atoms with Crippen LogP contribution in [-0.2, 0) is 0 Å². The summed E-state index contributed by atoms with van der Waals surface area (Å²) < 4.78 is 0. The average molecular weight is 226 g/mol. The number of benzene rings is 2. The fourth-order valence-corrected chi connectivity index (χ4v) is 2.67. The zero-order chi connectivity index (χ0) is 11.7. The summed E-state index contributed by atoms with van der Waals surface area (Å²) >= 11 is 0. The standard InChI is InChI=1S/C15H18N2/c16-15(14-7-8-17-10-14)13-6-5-11-3-1-2-4-12(11)9-13/h1-6,9,14-15,17H,7-8,10,16H2. The number of fused-ring (bicyclic) bond motifs is 1. The van der Waals surface area contributed by atoms with Gasteiger partial charge >= 0.3 is 0 Å². The second-order valence-electron chi connectivity index (χ2n) is 4.89. The third-order valence-electron chi connectivity index (χ3n) is 3.76. The van der Waals surface area contributed by atoms with E-state index in [1.807, 2.05) is 0 Å². The molecule has 0 saturated carbocycles. The van der Waals surface area contributed by atoms with Crippen LogP contribution in [0.15, 0.2) is 42.5 Å². The van der Waals surface area contributed by atoms with Crippen molar-refractivity contribution in [3.63, 3.8) is 0 Å². The molecule has 2 unspecified atom stereocenters. The molecule has 1 heterocycles. The van der Waals surface area contributed by atoms with Gasteiger partial charge in [-0.15, -0.1) is 0 Å². The molecule has 1 aliphatic heterocycles. The van der Waals surface area contributed by atoms with Crippen molar-refractivity contribution >= 4 is 10.8 Å². The molecule has 2 aromatic carbocycles. The van der Waals surface area contributed by atoms with Crippen LogP contribution in [0.2, 0.25) is 0 Å². The molecule has 88 valence electrons. The van der Waals surface area contributed by atoms with Gasteiger partial charge in [-0.25, -0.2) is 0 Å². The van der Waals surface area contributed by atoms with E-state index in [2.05, 4.69) is 47.8 Å². The van der Waals surface area contributed by atoms with Crippen molar-refractivity contribution in [1.82, 2.24) is 5.32 Å². The summed E-state index contributed by atoms with van der Waals surface area (Å²) in [7, 11) is 0. The maximum atomic E-state index is 6.35. The van der Waals surface area contributed by atoms with Gasteiger partial charge in [0.25, 0.3) is 0 Å². The van der Waals surface area contributed by atoms with Crippen LogP contribution >= 0.6 is 0 Å². The Morgan fingerprint density at radius 1 is 1.12 bits per heavy atom. The van der Waals surface area contributed by atoms with Gasteiger partial charge in [-0.2, -0.15) is 0 Å². The Kier molecular flexibility index (Phi) is 2.83. The molecule has 1 saturated heterocycles. The molecule has 2 nitrogen and oxygen atoms in total. The van der Waals surface area contributed by atoms with Crippen LogP contribution in [0.25, 0.3) is 10.8 Å². The molecule has 0 spiro atoms. The fraction of sp³-hybridized carbons (Fsp3) is 0.333. The van der Waals surface area contributed by atoms with Gasteiger partial charge in [-0.3, -0.25) is 0 Å². The van der Waals surface area contributed by atoms with Gasteiger partial charge in [0.2, 0.25) is 0 Å². The lowest BCUT2D eigenvalue weighted by atomic mass is 9.92. The largest absolute Gasteiger partial charge is 0.324 e. The topological polar surface area (TPSA) is 38.0 Å². The van der Waals surface area contributed by atoms with Crippen molar-refractivity contribution in [3.8, 4) is 0 Å². The Labute approximate surface area is 102 Å². The van der Waals surface area contributed by atoms with Crippen LogP contribution in [0.1, 0.15) is 18.0 Å². The summed E-state index contributed by atoms with van der Waals surface area (Å²) in [5.74, 6) is 0.580. The second kappa shape index (κ2) is 4.47. The Hall–Kier alpha value is -1.38. The van der Waals surface area contributed by atoms with Crippen molar-refractivity contribution in [3.05, 3.63) is 48.0 Å². The van der Waals surface area contributed by atoms with E-state index in [9.17, 15) is 0 Å². The Morgan fingerprint density at radius 2 is 1.94 bits per heavy atom. The minimum atomic E-state index is 0.162. The van der Waals surface area contributed by atoms with Crippen LogP contribution in [0.5, 0.6) is 0 Å². The first-order valence-corrected chi connectivity index (χ1v) is 6.29. The zero-order valence-corrected chi connectivity index (χ0v) is 9.89. The van der Waals surface area contributed by atoms with Gasteiger partial charge in [0.15, 0.2) is 0 Å². The van der Waals surface area contributed by atoms with Gasteiger partial charge in [0, 0.05) is 6.04 Å². The van der Waals surface area contributed by atoms with Crippen molar-refractivity contribution in [1.29, 1.82) is 0 Å². The van der Waals surface area contributed by atoms with Gasteiger partial charge < -0.3 is 11.1 Å². The lowest BCUT2D eigenvalue weighted by molar-refractivity contribution is 0.470. The van der Waals surface area contributed by atoms with E-state index in [0.717, 1.165) is 13.1 Å². The molecule has 0 aliphatic carbocycles. The van der Waals surface area contributed by atoms with Gasteiger partial charge in [-0.1, -0.05) is 36.4 Å². The summed E-state index contributed by atoms with van der Waals surface area (Å²) in [6, 6.07) is 15.2. The fourth-order valence-electron chi connectivity index (χ4n) is 2.67. The number of nitrogens with two attached hydrogens (primary N) is 1. The van der Waals surface area contributed by atoms with Crippen LogP contribution in [0.4, 0.5) is 0 Å². The Bertz CT molecular complexity index is 515. The minimum Gasteiger partial charge on any atom is -0.324 e. The first-order valence-electron chi connectivity index (χ1n) is 6.29. The van der Waals surface area contributed by atoms with E-state index in [0.29, 0.717) is 5.92 Å². The zero-order valence-electron chi connectivity index (χ0n) is 9.89. The molecule has 0 aromatic heterocycles. The molecule has 2 atom stereocenters. The van der Waals surface area contributed by atoms with Crippen molar-refractivity contribution in [2.45, 2.75) is 12.5 Å². The predicted molar refractivity (Wildman–Crippen MR) is 71.9 cm³/mol. The summed E-state index contributed by atoms with van der Waals surface area (Å²) in [6.45, 7) is 2.15. The molecule has 2 aromatic rings. The van der Waals surface area contributed by atoms with E-state index in [-0.39, 0.29) is 6.04 Å². The predicted octanol–water partition coefficient (Wildman–Crippen LogP) is 2.45. The van der Waals surface area contributed by atoms with E-state index in [4.69, 9.17) is 5.73 Å². The second-order valence-corrected chi connectivity index (χ2v) is 4.89. The average Bonchev–Trinajstić information content (AvgIpc) is 2.91.